The zero-order chi connectivity index (χ0) is 17.8. The number of carbonyl (C=O) groups is 2. The van der Waals surface area contributed by atoms with Gasteiger partial charge in [-0.1, -0.05) is 29.8 Å². The van der Waals surface area contributed by atoms with Crippen LogP contribution in [-0.4, -0.2) is 27.9 Å². The summed E-state index contributed by atoms with van der Waals surface area (Å²) in [7, 11) is 0. The highest BCUT2D eigenvalue weighted by atomic mass is 35.5. The van der Waals surface area contributed by atoms with Crippen molar-refractivity contribution >= 4 is 40.1 Å². The summed E-state index contributed by atoms with van der Waals surface area (Å²) in [6, 6.07) is 12.1. The predicted molar refractivity (Wildman–Crippen MR) is 94.5 cm³/mol. The molecular formula is C18H14ClN3O3. The minimum Gasteiger partial charge on any atom is -0.449 e. The minimum absolute atomic E-state index is 0.160. The molecule has 6 nitrogen and oxygen atoms in total. The monoisotopic (exact) mass is 355 g/mol. The van der Waals surface area contributed by atoms with E-state index in [1.807, 2.05) is 12.1 Å². The standard InChI is InChI=1S/C18H14ClN3O3/c1-11(17(23)22-14-8-4-10-21-16(14)19)25-18(24)13-7-2-5-12-6-3-9-20-15(12)13/h2-11H,1H3,(H,22,23)/t11-/m0/s1. The summed E-state index contributed by atoms with van der Waals surface area (Å²) < 4.78 is 5.26. The van der Waals surface area contributed by atoms with E-state index in [0.717, 1.165) is 5.39 Å². The van der Waals surface area contributed by atoms with Crippen molar-refractivity contribution in [1.29, 1.82) is 0 Å². The number of amides is 1. The van der Waals surface area contributed by atoms with Crippen LogP contribution in [0.2, 0.25) is 5.15 Å². The van der Waals surface area contributed by atoms with Crippen molar-refractivity contribution in [1.82, 2.24) is 9.97 Å². The second-order valence-electron chi connectivity index (χ2n) is 5.26. The van der Waals surface area contributed by atoms with Gasteiger partial charge in [0.15, 0.2) is 11.3 Å². The molecule has 0 spiro atoms. The van der Waals surface area contributed by atoms with E-state index in [0.29, 0.717) is 16.8 Å². The van der Waals surface area contributed by atoms with Gasteiger partial charge in [-0.2, -0.15) is 0 Å². The lowest BCUT2D eigenvalue weighted by Crippen LogP contribution is -2.30. The maximum Gasteiger partial charge on any atom is 0.341 e. The highest BCUT2D eigenvalue weighted by Gasteiger charge is 2.21. The molecule has 25 heavy (non-hydrogen) atoms. The Bertz CT molecular complexity index is 940. The van der Waals surface area contributed by atoms with Crippen molar-refractivity contribution < 1.29 is 14.3 Å². The van der Waals surface area contributed by atoms with E-state index in [2.05, 4.69) is 15.3 Å². The summed E-state index contributed by atoms with van der Waals surface area (Å²) in [5.41, 5.74) is 1.18. The fourth-order valence-corrected chi connectivity index (χ4v) is 2.43. The van der Waals surface area contributed by atoms with Gasteiger partial charge in [0.2, 0.25) is 0 Å². The maximum atomic E-state index is 12.4. The van der Waals surface area contributed by atoms with Gasteiger partial charge in [0.05, 0.1) is 16.8 Å². The van der Waals surface area contributed by atoms with Crippen molar-refractivity contribution in [2.75, 3.05) is 5.32 Å². The molecule has 3 aromatic rings. The highest BCUT2D eigenvalue weighted by molar-refractivity contribution is 6.32. The topological polar surface area (TPSA) is 81.2 Å². The van der Waals surface area contributed by atoms with Gasteiger partial charge in [-0.15, -0.1) is 0 Å². The van der Waals surface area contributed by atoms with E-state index in [-0.39, 0.29) is 5.15 Å². The zero-order valence-electron chi connectivity index (χ0n) is 13.3. The summed E-state index contributed by atoms with van der Waals surface area (Å²) in [6.45, 7) is 1.48. The molecule has 0 bridgehead atoms. The van der Waals surface area contributed by atoms with Gasteiger partial charge >= 0.3 is 5.97 Å². The number of aromatic nitrogens is 2. The number of ether oxygens (including phenoxy) is 1. The Hall–Kier alpha value is -2.99. The SMILES string of the molecule is C[C@H](OC(=O)c1cccc2cccnc12)C(=O)Nc1cccnc1Cl. The van der Waals surface area contributed by atoms with Crippen molar-refractivity contribution in [3.8, 4) is 0 Å². The van der Waals surface area contributed by atoms with Crippen LogP contribution in [0.3, 0.4) is 0 Å². The van der Waals surface area contributed by atoms with Gasteiger partial charge < -0.3 is 10.1 Å². The number of rotatable bonds is 4. The van der Waals surface area contributed by atoms with Crippen LogP contribution >= 0.6 is 11.6 Å². The van der Waals surface area contributed by atoms with Gasteiger partial charge in [-0.25, -0.2) is 9.78 Å². The van der Waals surface area contributed by atoms with Crippen LogP contribution < -0.4 is 5.32 Å². The molecule has 1 amide bonds. The number of nitrogens with one attached hydrogen (secondary N) is 1. The first-order valence-electron chi connectivity index (χ1n) is 7.52. The fraction of sp³-hybridized carbons (Fsp3) is 0.111. The van der Waals surface area contributed by atoms with Crippen LogP contribution in [-0.2, 0) is 9.53 Å². The maximum absolute atomic E-state index is 12.4. The molecular weight excluding hydrogens is 342 g/mol. The molecule has 0 unspecified atom stereocenters. The van der Waals surface area contributed by atoms with Crippen LogP contribution in [0.4, 0.5) is 5.69 Å². The van der Waals surface area contributed by atoms with Gasteiger partial charge in [0.1, 0.15) is 0 Å². The minimum atomic E-state index is -1.01. The number of esters is 1. The summed E-state index contributed by atoms with van der Waals surface area (Å²) >= 11 is 5.90. The molecule has 0 aliphatic heterocycles. The van der Waals surface area contributed by atoms with Crippen LogP contribution in [0.15, 0.2) is 54.9 Å². The number of pyridine rings is 2. The van der Waals surface area contributed by atoms with Gasteiger partial charge in [0, 0.05) is 17.8 Å². The van der Waals surface area contributed by atoms with E-state index in [9.17, 15) is 9.59 Å². The zero-order valence-corrected chi connectivity index (χ0v) is 14.0. The van der Waals surface area contributed by atoms with Crippen molar-refractivity contribution in [3.63, 3.8) is 0 Å². The number of para-hydroxylation sites is 1. The Morgan fingerprint density at radius 1 is 1.08 bits per heavy atom. The first-order valence-corrected chi connectivity index (χ1v) is 7.90. The predicted octanol–water partition coefficient (Wildman–Crippen LogP) is 3.47. The molecule has 1 aromatic carbocycles. The third kappa shape index (κ3) is 3.75. The highest BCUT2D eigenvalue weighted by Crippen LogP contribution is 2.19. The molecule has 0 aliphatic carbocycles. The third-order valence-corrected chi connectivity index (χ3v) is 3.82. The molecule has 2 heterocycles. The van der Waals surface area contributed by atoms with Crippen molar-refractivity contribution in [2.24, 2.45) is 0 Å². The Kier molecular flexibility index (Phi) is 4.90. The molecule has 3 rings (SSSR count). The molecule has 1 atom stereocenters. The average Bonchev–Trinajstić information content (AvgIpc) is 2.63. The van der Waals surface area contributed by atoms with Gasteiger partial charge in [0.25, 0.3) is 5.91 Å². The lowest BCUT2D eigenvalue weighted by atomic mass is 10.1. The number of nitrogens with zero attached hydrogens (tertiary/aromatic N) is 2. The van der Waals surface area contributed by atoms with E-state index in [1.54, 1.807) is 36.5 Å². The molecule has 0 saturated heterocycles. The molecule has 7 heteroatoms. The summed E-state index contributed by atoms with van der Waals surface area (Å²) in [5, 5.41) is 3.55. The Morgan fingerprint density at radius 2 is 1.80 bits per heavy atom. The smallest absolute Gasteiger partial charge is 0.341 e. The van der Waals surface area contributed by atoms with Crippen molar-refractivity contribution in [2.45, 2.75) is 13.0 Å². The first-order chi connectivity index (χ1) is 12.1. The molecule has 126 valence electrons. The largest absolute Gasteiger partial charge is 0.449 e. The van der Waals surface area contributed by atoms with Crippen LogP contribution in [0.1, 0.15) is 17.3 Å². The van der Waals surface area contributed by atoms with E-state index in [1.165, 1.54) is 13.1 Å². The number of hydrogen-bond donors (Lipinski definition) is 1. The summed E-state index contributed by atoms with van der Waals surface area (Å²) in [5.74, 6) is -1.12. The van der Waals surface area contributed by atoms with E-state index >= 15 is 0 Å². The second-order valence-corrected chi connectivity index (χ2v) is 5.62. The van der Waals surface area contributed by atoms with Gasteiger partial charge in [-0.05, 0) is 31.2 Å². The second kappa shape index (κ2) is 7.27. The van der Waals surface area contributed by atoms with E-state index < -0.39 is 18.0 Å². The van der Waals surface area contributed by atoms with Crippen molar-refractivity contribution in [3.05, 3.63) is 65.6 Å². The summed E-state index contributed by atoms with van der Waals surface area (Å²) in [4.78, 5) is 32.7. The molecule has 0 radical (unpaired) electrons. The van der Waals surface area contributed by atoms with Gasteiger partial charge in [-0.3, -0.25) is 9.78 Å². The molecule has 0 aliphatic rings. The number of carbonyl (C=O) groups excluding carboxylic acids is 2. The average molecular weight is 356 g/mol. The number of benzene rings is 1. The third-order valence-electron chi connectivity index (χ3n) is 3.52. The van der Waals surface area contributed by atoms with E-state index in [4.69, 9.17) is 16.3 Å². The quantitative estimate of drug-likeness (QED) is 0.572. The fourth-order valence-electron chi connectivity index (χ4n) is 2.26. The molecule has 1 N–H and O–H groups in total. The number of hydrogen-bond acceptors (Lipinski definition) is 5. The lowest BCUT2D eigenvalue weighted by Gasteiger charge is -2.14. The number of fused-ring (bicyclic) bond motifs is 1. The Balaban J connectivity index is 1.74. The summed E-state index contributed by atoms with van der Waals surface area (Å²) in [6.07, 6.45) is 2.09. The van der Waals surface area contributed by atoms with Crippen LogP contribution in [0.25, 0.3) is 10.9 Å². The number of anilines is 1. The lowest BCUT2D eigenvalue weighted by molar-refractivity contribution is -0.123. The van der Waals surface area contributed by atoms with Crippen LogP contribution in [0.5, 0.6) is 0 Å². The first kappa shape index (κ1) is 16.9. The molecule has 0 saturated carbocycles. The Labute approximate surface area is 148 Å². The van der Waals surface area contributed by atoms with Crippen LogP contribution in [0, 0.1) is 0 Å². The normalized spacial score (nSPS) is 11.8. The Morgan fingerprint density at radius 3 is 2.60 bits per heavy atom. The molecule has 0 fully saturated rings. The number of halogens is 1. The molecule has 2 aromatic heterocycles.